The molecule has 40 heavy (non-hydrogen) atoms. The number of amides is 1. The maximum atomic E-state index is 15.9. The number of hydrogen-bond donors (Lipinski definition) is 2. The molecule has 204 valence electrons. The predicted octanol–water partition coefficient (Wildman–Crippen LogP) is 6.01. The minimum absolute atomic E-state index is 0.00391. The number of carbonyl (C=O) groups excluding carboxylic acids is 1. The zero-order chi connectivity index (χ0) is 28.1. The minimum Gasteiger partial charge on any atom is -0.478 e. The molecular weight excluding hydrogens is 554 g/mol. The van der Waals surface area contributed by atoms with Crippen LogP contribution in [0.15, 0.2) is 48.5 Å². The number of nitrogens with zero attached hydrogens (tertiary/aromatic N) is 3. The van der Waals surface area contributed by atoms with Gasteiger partial charge in [0.05, 0.1) is 21.6 Å². The van der Waals surface area contributed by atoms with E-state index >= 15 is 4.39 Å². The van der Waals surface area contributed by atoms with Crippen molar-refractivity contribution in [2.24, 2.45) is 0 Å². The van der Waals surface area contributed by atoms with Crippen molar-refractivity contribution in [3.8, 4) is 0 Å². The number of halogens is 3. The lowest BCUT2D eigenvalue weighted by Gasteiger charge is -2.45. The van der Waals surface area contributed by atoms with Gasteiger partial charge in [-0.25, -0.2) is 14.2 Å². The van der Waals surface area contributed by atoms with Gasteiger partial charge in [-0.1, -0.05) is 48.3 Å². The summed E-state index contributed by atoms with van der Waals surface area (Å²) in [5.41, 5.74) is 3.07. The van der Waals surface area contributed by atoms with E-state index in [9.17, 15) is 14.7 Å². The van der Waals surface area contributed by atoms with E-state index in [-0.39, 0.29) is 28.5 Å². The first-order valence-electron chi connectivity index (χ1n) is 13.2. The molecule has 0 aliphatic carbocycles. The summed E-state index contributed by atoms with van der Waals surface area (Å²) in [6, 6.07) is 13.7. The van der Waals surface area contributed by atoms with E-state index < -0.39 is 23.2 Å². The van der Waals surface area contributed by atoms with Crippen LogP contribution in [0.5, 0.6) is 0 Å². The summed E-state index contributed by atoms with van der Waals surface area (Å²) in [7, 11) is 0. The van der Waals surface area contributed by atoms with Crippen LogP contribution in [0, 0.1) is 12.7 Å². The normalized spacial score (nSPS) is 25.2. The number of likely N-dealkylation sites (tertiary alicyclic amines) is 1. The van der Waals surface area contributed by atoms with Crippen LogP contribution in [0.25, 0.3) is 11.0 Å². The Kier molecular flexibility index (Phi) is 5.59. The SMILES string of the molecule is CCN1[C@H]2Cn3c(nc4cc(C(=O)O)c(C)cc43)[C@H]2[C@H](c2cccc(Cl)c2F)[C@@]12Cc1ccc(Cl)cc1NC2=O. The summed E-state index contributed by atoms with van der Waals surface area (Å²) >= 11 is 12.6. The van der Waals surface area contributed by atoms with Crippen LogP contribution in [0.3, 0.4) is 0 Å². The number of carbonyl (C=O) groups is 2. The molecule has 7 rings (SSSR count). The van der Waals surface area contributed by atoms with Crippen molar-refractivity contribution in [3.63, 3.8) is 0 Å². The van der Waals surface area contributed by atoms with Crippen LogP contribution in [0.4, 0.5) is 10.1 Å². The molecule has 4 heterocycles. The molecule has 3 aliphatic rings. The quantitative estimate of drug-likeness (QED) is 0.311. The Hall–Kier alpha value is -3.46. The van der Waals surface area contributed by atoms with E-state index in [4.69, 9.17) is 28.2 Å². The van der Waals surface area contributed by atoms with Gasteiger partial charge in [-0.05, 0) is 60.5 Å². The summed E-state index contributed by atoms with van der Waals surface area (Å²) < 4.78 is 18.0. The molecule has 4 atom stereocenters. The molecule has 0 bridgehead atoms. The number of rotatable bonds is 3. The lowest BCUT2D eigenvalue weighted by atomic mass is 9.69. The van der Waals surface area contributed by atoms with E-state index in [2.05, 4.69) is 14.8 Å². The Morgan fingerprint density at radius 2 is 2.02 bits per heavy atom. The number of hydrogen-bond acceptors (Lipinski definition) is 4. The van der Waals surface area contributed by atoms with Crippen molar-refractivity contribution in [3.05, 3.63) is 92.5 Å². The van der Waals surface area contributed by atoms with E-state index in [1.165, 1.54) is 6.07 Å². The smallest absolute Gasteiger partial charge is 0.336 e. The third kappa shape index (κ3) is 3.30. The Morgan fingerprint density at radius 1 is 1.23 bits per heavy atom. The summed E-state index contributed by atoms with van der Waals surface area (Å²) in [5.74, 6) is -2.00. The van der Waals surface area contributed by atoms with Gasteiger partial charge < -0.3 is 15.0 Å². The fourth-order valence-corrected chi connectivity index (χ4v) is 7.86. The first-order valence-corrected chi connectivity index (χ1v) is 14.0. The molecule has 10 heteroatoms. The Balaban J connectivity index is 1.48. The highest BCUT2D eigenvalue weighted by molar-refractivity contribution is 6.31. The lowest BCUT2D eigenvalue weighted by Crippen LogP contribution is -2.61. The van der Waals surface area contributed by atoms with Crippen molar-refractivity contribution in [1.29, 1.82) is 0 Å². The number of carboxylic acid groups (broad SMARTS) is 1. The van der Waals surface area contributed by atoms with Crippen LogP contribution < -0.4 is 5.32 Å². The molecule has 1 aromatic heterocycles. The zero-order valence-electron chi connectivity index (χ0n) is 21.7. The molecular formula is C30H25Cl2FN4O3. The van der Waals surface area contributed by atoms with Crippen molar-refractivity contribution in [2.45, 2.75) is 50.2 Å². The molecule has 0 radical (unpaired) electrons. The number of aromatic nitrogens is 2. The van der Waals surface area contributed by atoms with Gasteiger partial charge in [-0.3, -0.25) is 9.69 Å². The van der Waals surface area contributed by atoms with Gasteiger partial charge in [-0.2, -0.15) is 0 Å². The molecule has 1 saturated heterocycles. The standard InChI is InChI=1S/C30H25Cl2FN4O3/c1-3-37-23-13-36-22-9-14(2)18(28(38)39)11-21(22)34-27(36)24(23)25(17-5-4-6-19(32)26(17)33)30(37)12-15-7-8-16(31)10-20(15)35-29(30)40/h4-11,23-25H,3,12-13H2,1-2H3,(H,35,40)(H,38,39)/t23-,24+,25-,30+/m0/s1. The molecule has 0 saturated carbocycles. The van der Waals surface area contributed by atoms with E-state index in [1.807, 2.05) is 19.1 Å². The third-order valence-electron chi connectivity index (χ3n) is 9.05. The van der Waals surface area contributed by atoms with Crippen LogP contribution in [0.2, 0.25) is 10.0 Å². The molecule has 2 N–H and O–H groups in total. The molecule has 1 fully saturated rings. The maximum Gasteiger partial charge on any atom is 0.336 e. The highest BCUT2D eigenvalue weighted by Crippen LogP contribution is 2.60. The number of imidazole rings is 1. The maximum absolute atomic E-state index is 15.9. The number of benzene rings is 3. The molecule has 7 nitrogen and oxygen atoms in total. The average Bonchev–Trinajstić information content (AvgIpc) is 3.51. The molecule has 3 aliphatic heterocycles. The lowest BCUT2D eigenvalue weighted by molar-refractivity contribution is -0.128. The van der Waals surface area contributed by atoms with Crippen LogP contribution in [-0.4, -0.2) is 49.6 Å². The summed E-state index contributed by atoms with van der Waals surface area (Å²) in [6.45, 7) is 4.88. The fourth-order valence-electron chi connectivity index (χ4n) is 7.51. The number of aromatic carboxylic acids is 1. The van der Waals surface area contributed by atoms with Crippen LogP contribution >= 0.6 is 23.2 Å². The van der Waals surface area contributed by atoms with Gasteiger partial charge in [0.2, 0.25) is 5.91 Å². The van der Waals surface area contributed by atoms with E-state index in [0.29, 0.717) is 46.9 Å². The second-order valence-corrected chi connectivity index (χ2v) is 11.7. The van der Waals surface area contributed by atoms with Gasteiger partial charge >= 0.3 is 5.97 Å². The summed E-state index contributed by atoms with van der Waals surface area (Å²) in [5, 5.41) is 13.3. The Labute approximate surface area is 239 Å². The molecule has 1 amide bonds. The highest BCUT2D eigenvalue weighted by atomic mass is 35.5. The van der Waals surface area contributed by atoms with Crippen molar-refractivity contribution in [1.82, 2.24) is 14.5 Å². The number of fused-ring (bicyclic) bond motifs is 6. The zero-order valence-corrected chi connectivity index (χ0v) is 23.2. The molecule has 1 spiro atoms. The predicted molar refractivity (Wildman–Crippen MR) is 151 cm³/mol. The summed E-state index contributed by atoms with van der Waals surface area (Å²) in [4.78, 5) is 33.2. The minimum atomic E-state index is -1.11. The number of anilines is 1. The Morgan fingerprint density at radius 3 is 2.77 bits per heavy atom. The fraction of sp³-hybridized carbons (Fsp3) is 0.300. The monoisotopic (exact) mass is 578 g/mol. The first-order chi connectivity index (χ1) is 19.1. The van der Waals surface area contributed by atoms with E-state index in [0.717, 1.165) is 16.9 Å². The third-order valence-corrected chi connectivity index (χ3v) is 9.58. The van der Waals surface area contributed by atoms with Crippen LogP contribution in [-0.2, 0) is 17.8 Å². The van der Waals surface area contributed by atoms with Gasteiger partial charge in [0.25, 0.3) is 0 Å². The van der Waals surface area contributed by atoms with Gasteiger partial charge in [0, 0.05) is 41.6 Å². The van der Waals surface area contributed by atoms with Crippen molar-refractivity contribution in [2.75, 3.05) is 11.9 Å². The van der Waals surface area contributed by atoms with Gasteiger partial charge in [-0.15, -0.1) is 0 Å². The number of carboxylic acids is 1. The second-order valence-electron chi connectivity index (χ2n) is 10.9. The van der Waals surface area contributed by atoms with Crippen molar-refractivity contribution < 1.29 is 19.1 Å². The van der Waals surface area contributed by atoms with E-state index in [1.54, 1.807) is 37.3 Å². The van der Waals surface area contributed by atoms with Gasteiger partial charge in [0.15, 0.2) is 0 Å². The second kappa shape index (κ2) is 8.77. The topological polar surface area (TPSA) is 87.5 Å². The first kappa shape index (κ1) is 25.5. The van der Waals surface area contributed by atoms with Gasteiger partial charge in [0.1, 0.15) is 17.2 Å². The number of aryl methyl sites for hydroxylation is 1. The molecule has 4 aromatic rings. The average molecular weight is 579 g/mol. The van der Waals surface area contributed by atoms with Crippen molar-refractivity contribution >= 4 is 51.8 Å². The molecule has 0 unspecified atom stereocenters. The number of nitrogens with one attached hydrogen (secondary N) is 1. The largest absolute Gasteiger partial charge is 0.478 e. The molecule has 3 aromatic carbocycles. The highest BCUT2D eigenvalue weighted by Gasteiger charge is 2.67. The summed E-state index contributed by atoms with van der Waals surface area (Å²) in [6.07, 6.45) is 0.366. The number of likely N-dealkylation sites (N-methyl/N-ethyl adjacent to an activating group) is 1. The Bertz CT molecular complexity index is 1770. The van der Waals surface area contributed by atoms with Crippen LogP contribution in [0.1, 0.15) is 51.6 Å².